The summed E-state index contributed by atoms with van der Waals surface area (Å²) in [6, 6.07) is 20.2. The Hall–Kier alpha value is -2.60. The van der Waals surface area contributed by atoms with E-state index in [-0.39, 0.29) is 0 Å². The highest BCUT2D eigenvalue weighted by Gasteiger charge is 2.22. The molecule has 2 aliphatic carbocycles. The van der Waals surface area contributed by atoms with Crippen molar-refractivity contribution in [3.8, 4) is 11.1 Å². The average molecular weight is 322 g/mol. The zero-order chi connectivity index (χ0) is 16.8. The number of benzene rings is 3. The Labute approximate surface area is 149 Å². The maximum atomic E-state index is 2.36. The van der Waals surface area contributed by atoms with Gasteiger partial charge in [-0.2, -0.15) is 0 Å². The third kappa shape index (κ3) is 2.36. The van der Waals surface area contributed by atoms with E-state index in [4.69, 9.17) is 0 Å². The van der Waals surface area contributed by atoms with E-state index in [0.29, 0.717) is 0 Å². The molecule has 0 atom stereocenters. The van der Waals surface area contributed by atoms with Gasteiger partial charge in [-0.25, -0.2) is 0 Å². The van der Waals surface area contributed by atoms with Crippen LogP contribution in [0.1, 0.15) is 36.0 Å². The molecule has 0 N–H and O–H groups in total. The monoisotopic (exact) mass is 322 g/mol. The standard InChI is InChI=1S/C25H22/c1-17-15-20-12-13-22-21-10-6-5-9-19(21)11-14-23(22)25(20)24(16-17)18-7-3-2-4-8-18/h2-4,6-8,10,12-13,15-16H,5,9,11,14H2,1H3. The van der Waals surface area contributed by atoms with Crippen LogP contribution in [0.5, 0.6) is 0 Å². The smallest absolute Gasteiger partial charge is 0.00668 e. The first-order valence-corrected chi connectivity index (χ1v) is 9.32. The topological polar surface area (TPSA) is 0 Å². The molecule has 3 aromatic rings. The molecular formula is C25H22. The summed E-state index contributed by atoms with van der Waals surface area (Å²) in [5, 5.41) is 2.83. The van der Waals surface area contributed by atoms with Gasteiger partial charge < -0.3 is 0 Å². The van der Waals surface area contributed by atoms with Crippen LogP contribution in [0.3, 0.4) is 0 Å². The number of allylic oxidation sites excluding steroid dienone is 4. The maximum Gasteiger partial charge on any atom is -0.00668 e. The van der Waals surface area contributed by atoms with Crippen LogP contribution >= 0.6 is 0 Å². The molecule has 0 saturated carbocycles. The predicted molar refractivity (Wildman–Crippen MR) is 108 cm³/mol. The van der Waals surface area contributed by atoms with Gasteiger partial charge in [-0.15, -0.1) is 0 Å². The Morgan fingerprint density at radius 1 is 0.800 bits per heavy atom. The van der Waals surface area contributed by atoms with Gasteiger partial charge in [0.05, 0.1) is 0 Å². The fourth-order valence-corrected chi connectivity index (χ4v) is 4.58. The van der Waals surface area contributed by atoms with E-state index in [0.717, 1.165) is 0 Å². The lowest BCUT2D eigenvalue weighted by Crippen LogP contribution is -2.07. The van der Waals surface area contributed by atoms with Crippen molar-refractivity contribution in [2.24, 2.45) is 0 Å². The van der Waals surface area contributed by atoms with Crippen molar-refractivity contribution in [2.45, 2.75) is 32.6 Å². The van der Waals surface area contributed by atoms with E-state index in [1.807, 2.05) is 0 Å². The summed E-state index contributed by atoms with van der Waals surface area (Å²) in [7, 11) is 0. The van der Waals surface area contributed by atoms with Crippen LogP contribution in [0.25, 0.3) is 27.5 Å². The summed E-state index contributed by atoms with van der Waals surface area (Å²) in [6.45, 7) is 2.20. The summed E-state index contributed by atoms with van der Waals surface area (Å²) in [6.07, 6.45) is 9.53. The van der Waals surface area contributed by atoms with Crippen LogP contribution in [0, 0.1) is 6.92 Å². The van der Waals surface area contributed by atoms with Crippen molar-refractivity contribution in [3.05, 3.63) is 89.0 Å². The van der Waals surface area contributed by atoms with Crippen LogP contribution in [0.2, 0.25) is 0 Å². The fourth-order valence-electron chi connectivity index (χ4n) is 4.58. The number of hydrogen-bond acceptors (Lipinski definition) is 0. The minimum Gasteiger partial charge on any atom is -0.0836 e. The first-order chi connectivity index (χ1) is 12.3. The normalized spacial score (nSPS) is 16.0. The molecule has 0 heterocycles. The van der Waals surface area contributed by atoms with E-state index < -0.39 is 0 Å². The lowest BCUT2D eigenvalue weighted by Gasteiger charge is -2.26. The molecule has 0 spiro atoms. The highest BCUT2D eigenvalue weighted by molar-refractivity contribution is 6.03. The molecular weight excluding hydrogens is 300 g/mol. The third-order valence-electron chi connectivity index (χ3n) is 5.70. The SMILES string of the molecule is Cc1cc(-c2ccccc2)c2c3c(ccc2c1)C1=C(CCC=C1)CC3. The Morgan fingerprint density at radius 3 is 2.56 bits per heavy atom. The highest BCUT2D eigenvalue weighted by Crippen LogP contribution is 2.42. The summed E-state index contributed by atoms with van der Waals surface area (Å²) in [5.74, 6) is 0. The number of rotatable bonds is 1. The Kier molecular flexibility index (Phi) is 3.38. The van der Waals surface area contributed by atoms with Crippen molar-refractivity contribution in [3.63, 3.8) is 0 Å². The molecule has 122 valence electrons. The zero-order valence-corrected chi connectivity index (χ0v) is 14.7. The molecule has 25 heavy (non-hydrogen) atoms. The molecule has 0 unspecified atom stereocenters. The minimum atomic E-state index is 1.17. The van der Waals surface area contributed by atoms with Crippen molar-refractivity contribution >= 4 is 16.3 Å². The van der Waals surface area contributed by atoms with E-state index in [1.54, 1.807) is 11.1 Å². The Morgan fingerprint density at radius 2 is 1.68 bits per heavy atom. The lowest BCUT2D eigenvalue weighted by molar-refractivity contribution is 0.831. The molecule has 0 bridgehead atoms. The van der Waals surface area contributed by atoms with Gasteiger partial charge in [0.15, 0.2) is 0 Å². The lowest BCUT2D eigenvalue weighted by atomic mass is 9.78. The van der Waals surface area contributed by atoms with E-state index >= 15 is 0 Å². The summed E-state index contributed by atoms with van der Waals surface area (Å²) >= 11 is 0. The molecule has 5 rings (SSSR count). The zero-order valence-electron chi connectivity index (χ0n) is 14.7. The number of fused-ring (bicyclic) bond motifs is 4. The molecule has 0 amide bonds. The van der Waals surface area contributed by atoms with Gasteiger partial charge >= 0.3 is 0 Å². The Bertz CT molecular complexity index is 1030. The first kappa shape index (κ1) is 14.7. The minimum absolute atomic E-state index is 1.17. The molecule has 0 fully saturated rings. The third-order valence-corrected chi connectivity index (χ3v) is 5.70. The molecule has 0 aliphatic heterocycles. The summed E-state index contributed by atoms with van der Waals surface area (Å²) < 4.78 is 0. The van der Waals surface area contributed by atoms with E-state index in [9.17, 15) is 0 Å². The van der Waals surface area contributed by atoms with Gasteiger partial charge in [0.25, 0.3) is 0 Å². The van der Waals surface area contributed by atoms with Crippen LogP contribution in [-0.4, -0.2) is 0 Å². The van der Waals surface area contributed by atoms with Crippen molar-refractivity contribution in [1.82, 2.24) is 0 Å². The van der Waals surface area contributed by atoms with E-state index in [2.05, 4.69) is 73.7 Å². The van der Waals surface area contributed by atoms with Gasteiger partial charge in [0.1, 0.15) is 0 Å². The van der Waals surface area contributed by atoms with Gasteiger partial charge in [-0.05, 0) is 76.8 Å². The molecule has 0 saturated heterocycles. The van der Waals surface area contributed by atoms with Crippen LogP contribution < -0.4 is 0 Å². The molecule has 0 nitrogen and oxygen atoms in total. The summed E-state index contributed by atoms with van der Waals surface area (Å²) in [5.41, 5.74) is 10.2. The second kappa shape index (κ2) is 5.74. The molecule has 0 heteroatoms. The molecule has 0 aromatic heterocycles. The van der Waals surface area contributed by atoms with Crippen LogP contribution in [0.4, 0.5) is 0 Å². The van der Waals surface area contributed by atoms with Gasteiger partial charge in [0, 0.05) is 0 Å². The second-order valence-corrected chi connectivity index (χ2v) is 7.33. The van der Waals surface area contributed by atoms with E-state index in [1.165, 1.54) is 64.3 Å². The van der Waals surface area contributed by atoms with Gasteiger partial charge in [-0.3, -0.25) is 0 Å². The van der Waals surface area contributed by atoms with Gasteiger partial charge in [-0.1, -0.05) is 72.3 Å². The number of aryl methyl sites for hydroxylation is 2. The summed E-state index contributed by atoms with van der Waals surface area (Å²) in [4.78, 5) is 0. The molecule has 0 radical (unpaired) electrons. The largest absolute Gasteiger partial charge is 0.0836 e. The second-order valence-electron chi connectivity index (χ2n) is 7.33. The fraction of sp³-hybridized carbons (Fsp3) is 0.200. The molecule has 2 aliphatic rings. The first-order valence-electron chi connectivity index (χ1n) is 9.32. The van der Waals surface area contributed by atoms with Gasteiger partial charge in [0.2, 0.25) is 0 Å². The predicted octanol–water partition coefficient (Wildman–Crippen LogP) is 6.87. The van der Waals surface area contributed by atoms with Crippen LogP contribution in [0.15, 0.2) is 72.3 Å². The van der Waals surface area contributed by atoms with Crippen molar-refractivity contribution in [2.75, 3.05) is 0 Å². The maximum absolute atomic E-state index is 2.36. The highest BCUT2D eigenvalue weighted by atomic mass is 14.3. The quantitative estimate of drug-likeness (QED) is 0.459. The average Bonchev–Trinajstić information content (AvgIpc) is 2.67. The van der Waals surface area contributed by atoms with Crippen LogP contribution in [-0.2, 0) is 6.42 Å². The van der Waals surface area contributed by atoms with Crippen molar-refractivity contribution in [1.29, 1.82) is 0 Å². The number of hydrogen-bond donors (Lipinski definition) is 0. The Balaban J connectivity index is 1.85. The molecule has 3 aromatic carbocycles. The van der Waals surface area contributed by atoms with Crippen molar-refractivity contribution < 1.29 is 0 Å².